The molecule has 0 amide bonds. The summed E-state index contributed by atoms with van der Waals surface area (Å²) < 4.78 is 22.7. The van der Waals surface area contributed by atoms with Crippen molar-refractivity contribution in [3.63, 3.8) is 0 Å². The van der Waals surface area contributed by atoms with E-state index >= 15 is 0 Å². The predicted octanol–water partition coefficient (Wildman–Crippen LogP) is 1.84. The van der Waals surface area contributed by atoms with Crippen LogP contribution in [-0.2, 0) is 16.4 Å². The summed E-state index contributed by atoms with van der Waals surface area (Å²) >= 11 is 0. The zero-order valence-corrected chi connectivity index (χ0v) is 11.2. The van der Waals surface area contributed by atoms with Crippen LogP contribution in [0.2, 0.25) is 0 Å². The molecular formula is C14H19NO2S. The molecule has 0 aromatic heterocycles. The molecule has 1 saturated carbocycles. The van der Waals surface area contributed by atoms with Crippen LogP contribution in [0.25, 0.3) is 0 Å². The molecule has 2 fully saturated rings. The molecule has 0 radical (unpaired) electrons. The first kappa shape index (κ1) is 12.2. The van der Waals surface area contributed by atoms with E-state index < -0.39 is 9.84 Å². The number of benzene rings is 1. The van der Waals surface area contributed by atoms with E-state index in [-0.39, 0.29) is 6.04 Å². The van der Waals surface area contributed by atoms with Crippen LogP contribution < -0.4 is 5.32 Å². The molecule has 3 rings (SSSR count). The molecule has 1 saturated heterocycles. The van der Waals surface area contributed by atoms with Gasteiger partial charge in [-0.2, -0.15) is 0 Å². The quantitative estimate of drug-likeness (QED) is 0.903. The van der Waals surface area contributed by atoms with Gasteiger partial charge in [0.15, 0.2) is 9.84 Å². The average molecular weight is 265 g/mol. The molecule has 2 aliphatic rings. The van der Waals surface area contributed by atoms with Crippen LogP contribution in [0.15, 0.2) is 24.3 Å². The van der Waals surface area contributed by atoms with Gasteiger partial charge in [0.1, 0.15) is 0 Å². The monoisotopic (exact) mass is 265 g/mol. The number of nitrogens with one attached hydrogen (secondary N) is 1. The van der Waals surface area contributed by atoms with Crippen molar-refractivity contribution in [2.45, 2.75) is 37.8 Å². The zero-order valence-electron chi connectivity index (χ0n) is 10.4. The van der Waals surface area contributed by atoms with Crippen molar-refractivity contribution < 1.29 is 8.42 Å². The smallest absolute Gasteiger partial charge is 0.151 e. The summed E-state index contributed by atoms with van der Waals surface area (Å²) in [6, 6.07) is 8.81. The Bertz CT molecular complexity index is 534. The zero-order chi connectivity index (χ0) is 12.6. The normalized spacial score (nSPS) is 26.3. The Kier molecular flexibility index (Phi) is 3.16. The molecule has 1 unspecified atom stereocenters. The van der Waals surface area contributed by atoms with Crippen molar-refractivity contribution in [1.82, 2.24) is 5.32 Å². The van der Waals surface area contributed by atoms with Crippen LogP contribution in [0.1, 0.15) is 36.3 Å². The minimum absolute atomic E-state index is 0.139. The molecule has 98 valence electrons. The van der Waals surface area contributed by atoms with Gasteiger partial charge < -0.3 is 5.32 Å². The van der Waals surface area contributed by atoms with Crippen LogP contribution in [0.4, 0.5) is 0 Å². The third-order valence-corrected chi connectivity index (χ3v) is 5.60. The van der Waals surface area contributed by atoms with E-state index in [9.17, 15) is 8.42 Å². The van der Waals surface area contributed by atoms with E-state index in [0.717, 1.165) is 18.9 Å². The molecule has 4 heteroatoms. The summed E-state index contributed by atoms with van der Waals surface area (Å²) in [7, 11) is -2.77. The highest BCUT2D eigenvalue weighted by Gasteiger charge is 2.27. The second-order valence-corrected chi connectivity index (χ2v) is 7.73. The second-order valence-electron chi connectivity index (χ2n) is 5.50. The Morgan fingerprint density at radius 1 is 1.22 bits per heavy atom. The minimum atomic E-state index is -2.77. The number of sulfone groups is 1. The van der Waals surface area contributed by atoms with E-state index in [4.69, 9.17) is 0 Å². The Balaban J connectivity index is 1.58. The second kappa shape index (κ2) is 4.67. The molecule has 1 aromatic rings. The van der Waals surface area contributed by atoms with E-state index in [0.29, 0.717) is 11.5 Å². The summed E-state index contributed by atoms with van der Waals surface area (Å²) in [6.07, 6.45) is 3.39. The number of hydrogen-bond acceptors (Lipinski definition) is 3. The van der Waals surface area contributed by atoms with Crippen LogP contribution in [0, 0.1) is 0 Å². The topological polar surface area (TPSA) is 46.2 Å². The van der Waals surface area contributed by atoms with E-state index in [2.05, 4.69) is 29.6 Å². The third-order valence-electron chi connectivity index (χ3n) is 3.83. The van der Waals surface area contributed by atoms with Gasteiger partial charge in [-0.15, -0.1) is 0 Å². The number of hydrogen-bond donors (Lipinski definition) is 1. The van der Waals surface area contributed by atoms with Gasteiger partial charge in [-0.3, -0.25) is 0 Å². The molecule has 1 atom stereocenters. The largest absolute Gasteiger partial charge is 0.309 e. The molecule has 1 heterocycles. The highest BCUT2D eigenvalue weighted by molar-refractivity contribution is 7.91. The Labute approximate surface area is 109 Å². The van der Waals surface area contributed by atoms with Crippen molar-refractivity contribution in [3.8, 4) is 0 Å². The van der Waals surface area contributed by atoms with Crippen LogP contribution >= 0.6 is 0 Å². The lowest BCUT2D eigenvalue weighted by molar-refractivity contribution is 0.554. The van der Waals surface area contributed by atoms with E-state index in [1.165, 1.54) is 24.0 Å². The molecular weight excluding hydrogens is 246 g/mol. The van der Waals surface area contributed by atoms with Gasteiger partial charge in [-0.25, -0.2) is 8.42 Å². The van der Waals surface area contributed by atoms with Gasteiger partial charge >= 0.3 is 0 Å². The molecule has 1 aliphatic carbocycles. The molecule has 1 N–H and O–H groups in total. The number of rotatable bonds is 4. The Hall–Kier alpha value is -0.870. The molecule has 18 heavy (non-hydrogen) atoms. The molecule has 0 spiro atoms. The third kappa shape index (κ3) is 2.93. The Morgan fingerprint density at radius 2 is 2.06 bits per heavy atom. The summed E-state index contributed by atoms with van der Waals surface area (Å²) in [5.41, 5.74) is 2.71. The minimum Gasteiger partial charge on any atom is -0.309 e. The van der Waals surface area contributed by atoms with E-state index in [1.54, 1.807) is 0 Å². The van der Waals surface area contributed by atoms with Gasteiger partial charge in [-0.1, -0.05) is 24.3 Å². The predicted molar refractivity (Wildman–Crippen MR) is 72.3 cm³/mol. The van der Waals surface area contributed by atoms with Gasteiger partial charge in [0, 0.05) is 12.6 Å². The summed E-state index contributed by atoms with van der Waals surface area (Å²) in [6.45, 7) is 0.779. The standard InChI is InChI=1S/C14H19NO2S/c16-18(17)7-6-14(10-18)15-9-11-2-1-3-13(8-11)12-4-5-12/h1-3,8,12,14-15H,4-7,9-10H2. The maximum absolute atomic E-state index is 11.4. The van der Waals surface area contributed by atoms with Crippen molar-refractivity contribution >= 4 is 9.84 Å². The molecule has 1 aromatic carbocycles. The van der Waals surface area contributed by atoms with Crippen molar-refractivity contribution in [2.75, 3.05) is 11.5 Å². The fourth-order valence-corrected chi connectivity index (χ4v) is 4.30. The molecule has 0 bridgehead atoms. The van der Waals surface area contributed by atoms with E-state index in [1.807, 2.05) is 0 Å². The molecule has 1 aliphatic heterocycles. The highest BCUT2D eigenvalue weighted by atomic mass is 32.2. The SMILES string of the molecule is O=S1(=O)CCC(NCc2cccc(C3CC3)c2)C1. The summed E-state index contributed by atoms with van der Waals surface area (Å²) in [5.74, 6) is 1.42. The fourth-order valence-electron chi connectivity index (χ4n) is 2.59. The maximum Gasteiger partial charge on any atom is 0.151 e. The maximum atomic E-state index is 11.4. The molecule has 3 nitrogen and oxygen atoms in total. The summed E-state index contributed by atoms with van der Waals surface area (Å²) in [4.78, 5) is 0. The first-order valence-electron chi connectivity index (χ1n) is 6.65. The Morgan fingerprint density at radius 3 is 2.72 bits per heavy atom. The van der Waals surface area contributed by atoms with Gasteiger partial charge in [-0.05, 0) is 36.3 Å². The lowest BCUT2D eigenvalue weighted by Crippen LogP contribution is -2.29. The van der Waals surface area contributed by atoms with Crippen LogP contribution in [0.3, 0.4) is 0 Å². The van der Waals surface area contributed by atoms with Crippen molar-refractivity contribution in [2.24, 2.45) is 0 Å². The van der Waals surface area contributed by atoms with Gasteiger partial charge in [0.25, 0.3) is 0 Å². The average Bonchev–Trinajstić information content (AvgIpc) is 3.13. The van der Waals surface area contributed by atoms with Crippen LogP contribution in [-0.4, -0.2) is 26.0 Å². The van der Waals surface area contributed by atoms with Crippen molar-refractivity contribution in [1.29, 1.82) is 0 Å². The van der Waals surface area contributed by atoms with Crippen LogP contribution in [0.5, 0.6) is 0 Å². The highest BCUT2D eigenvalue weighted by Crippen LogP contribution is 2.40. The fraction of sp³-hybridized carbons (Fsp3) is 0.571. The van der Waals surface area contributed by atoms with Gasteiger partial charge in [0.05, 0.1) is 11.5 Å². The first-order valence-corrected chi connectivity index (χ1v) is 8.47. The van der Waals surface area contributed by atoms with Crippen molar-refractivity contribution in [3.05, 3.63) is 35.4 Å². The lowest BCUT2D eigenvalue weighted by Gasteiger charge is -2.11. The van der Waals surface area contributed by atoms with Gasteiger partial charge in [0.2, 0.25) is 0 Å². The lowest BCUT2D eigenvalue weighted by atomic mass is 10.1. The first-order chi connectivity index (χ1) is 8.62. The summed E-state index contributed by atoms with van der Waals surface area (Å²) in [5, 5.41) is 3.36.